The van der Waals surface area contributed by atoms with Gasteiger partial charge in [0.25, 0.3) is 5.56 Å². The standard InChI is InChI=1S/C19H19N5O2/c1-12-7-15(10-20)9-16(8-12)26-18-13(2)5-6-24(19(18)25)11-17-22-21-14(3)23(17)4/h5-9,21H,3,11H2,1-2,4H3. The molecule has 0 atom stereocenters. The van der Waals surface area contributed by atoms with Crippen molar-refractivity contribution in [2.24, 2.45) is 5.10 Å². The number of nitriles is 1. The maximum absolute atomic E-state index is 12.9. The SMILES string of the molecule is C=C1NN=C(Cn2ccc(C)c(Oc3cc(C)cc(C#N)c3)c2=O)N1C. The number of hydrogen-bond donors (Lipinski definition) is 1. The number of ether oxygens (including phenoxy) is 1. The summed E-state index contributed by atoms with van der Waals surface area (Å²) < 4.78 is 7.37. The van der Waals surface area contributed by atoms with Crippen LogP contribution in [0.2, 0.25) is 0 Å². The van der Waals surface area contributed by atoms with Crippen molar-refractivity contribution in [3.8, 4) is 17.6 Å². The molecule has 7 heteroatoms. The predicted molar refractivity (Wildman–Crippen MR) is 98.9 cm³/mol. The van der Waals surface area contributed by atoms with Crippen LogP contribution in [0.5, 0.6) is 11.5 Å². The van der Waals surface area contributed by atoms with Crippen LogP contribution in [-0.4, -0.2) is 22.4 Å². The fraction of sp³-hybridized carbons (Fsp3) is 0.211. The molecule has 0 fully saturated rings. The van der Waals surface area contributed by atoms with Gasteiger partial charge in [-0.2, -0.15) is 10.4 Å². The van der Waals surface area contributed by atoms with Gasteiger partial charge in [0, 0.05) is 13.2 Å². The van der Waals surface area contributed by atoms with Gasteiger partial charge in [0.05, 0.1) is 18.2 Å². The van der Waals surface area contributed by atoms with E-state index in [-0.39, 0.29) is 17.9 Å². The quantitative estimate of drug-likeness (QED) is 0.917. The molecule has 0 unspecified atom stereocenters. The number of amidine groups is 1. The Balaban J connectivity index is 1.94. The van der Waals surface area contributed by atoms with Gasteiger partial charge < -0.3 is 14.2 Å². The number of rotatable bonds is 4. The molecule has 1 aromatic carbocycles. The molecule has 1 N–H and O–H groups in total. The Morgan fingerprint density at radius 1 is 1.35 bits per heavy atom. The van der Waals surface area contributed by atoms with E-state index in [9.17, 15) is 4.79 Å². The molecular formula is C19H19N5O2. The third-order valence-electron chi connectivity index (χ3n) is 4.14. The topological polar surface area (TPSA) is 82.6 Å². The monoisotopic (exact) mass is 349 g/mol. The number of nitrogens with zero attached hydrogens (tertiary/aromatic N) is 4. The molecule has 132 valence electrons. The van der Waals surface area contributed by atoms with Crippen LogP contribution in [0, 0.1) is 25.2 Å². The van der Waals surface area contributed by atoms with Crippen molar-refractivity contribution >= 4 is 5.84 Å². The first-order chi connectivity index (χ1) is 12.4. The highest BCUT2D eigenvalue weighted by molar-refractivity contribution is 5.84. The first-order valence-corrected chi connectivity index (χ1v) is 8.04. The highest BCUT2D eigenvalue weighted by Gasteiger charge is 2.19. The zero-order valence-electron chi connectivity index (χ0n) is 14.9. The summed E-state index contributed by atoms with van der Waals surface area (Å²) >= 11 is 0. The maximum Gasteiger partial charge on any atom is 0.294 e. The van der Waals surface area contributed by atoms with Crippen molar-refractivity contribution in [1.29, 1.82) is 5.26 Å². The van der Waals surface area contributed by atoms with E-state index < -0.39 is 0 Å². The molecule has 0 aliphatic carbocycles. The van der Waals surface area contributed by atoms with E-state index in [1.807, 2.05) is 27.0 Å². The van der Waals surface area contributed by atoms with Gasteiger partial charge in [-0.25, -0.2) is 0 Å². The second-order valence-corrected chi connectivity index (χ2v) is 6.16. The normalized spacial score (nSPS) is 13.2. The third kappa shape index (κ3) is 3.30. The second-order valence-electron chi connectivity index (χ2n) is 6.16. The summed E-state index contributed by atoms with van der Waals surface area (Å²) in [7, 11) is 1.83. The molecule has 7 nitrogen and oxygen atoms in total. The Hall–Kier alpha value is -3.53. The number of pyridine rings is 1. The second kappa shape index (κ2) is 6.76. The van der Waals surface area contributed by atoms with E-state index in [0.717, 1.165) is 11.1 Å². The van der Waals surface area contributed by atoms with E-state index in [1.54, 1.807) is 29.3 Å². The smallest absolute Gasteiger partial charge is 0.294 e. The Morgan fingerprint density at radius 2 is 2.12 bits per heavy atom. The van der Waals surface area contributed by atoms with Gasteiger partial charge in [0.15, 0.2) is 11.6 Å². The van der Waals surface area contributed by atoms with Gasteiger partial charge in [0.2, 0.25) is 0 Å². The summed E-state index contributed by atoms with van der Waals surface area (Å²) in [6.45, 7) is 7.79. The summed E-state index contributed by atoms with van der Waals surface area (Å²) in [5, 5.41) is 13.3. The largest absolute Gasteiger partial charge is 0.451 e. The molecule has 0 radical (unpaired) electrons. The van der Waals surface area contributed by atoms with Gasteiger partial charge >= 0.3 is 0 Å². The predicted octanol–water partition coefficient (Wildman–Crippen LogP) is 2.45. The number of aryl methyl sites for hydroxylation is 2. The summed E-state index contributed by atoms with van der Waals surface area (Å²) in [6.07, 6.45) is 1.71. The Kier molecular flexibility index (Phi) is 4.50. The number of benzene rings is 1. The van der Waals surface area contributed by atoms with Crippen molar-refractivity contribution in [3.05, 3.63) is 69.9 Å². The molecule has 0 amide bonds. The number of hydrogen-bond acceptors (Lipinski definition) is 6. The van der Waals surface area contributed by atoms with Crippen molar-refractivity contribution in [2.45, 2.75) is 20.4 Å². The maximum atomic E-state index is 12.9. The van der Waals surface area contributed by atoms with Gasteiger partial charge in [-0.05, 0) is 49.2 Å². The first-order valence-electron chi connectivity index (χ1n) is 8.04. The summed E-state index contributed by atoms with van der Waals surface area (Å²) in [6, 6.07) is 9.08. The number of aromatic nitrogens is 1. The average Bonchev–Trinajstić information content (AvgIpc) is 2.92. The lowest BCUT2D eigenvalue weighted by molar-refractivity contribution is 0.463. The van der Waals surface area contributed by atoms with E-state index in [2.05, 4.69) is 23.2 Å². The van der Waals surface area contributed by atoms with Crippen LogP contribution < -0.4 is 15.7 Å². The first kappa shape index (κ1) is 17.3. The highest BCUT2D eigenvalue weighted by atomic mass is 16.5. The van der Waals surface area contributed by atoms with Gasteiger partial charge in [-0.1, -0.05) is 6.58 Å². The van der Waals surface area contributed by atoms with Gasteiger partial charge in [-0.3, -0.25) is 10.2 Å². The van der Waals surface area contributed by atoms with E-state index >= 15 is 0 Å². The minimum atomic E-state index is -0.265. The van der Waals surface area contributed by atoms with Crippen LogP contribution in [-0.2, 0) is 6.54 Å². The van der Waals surface area contributed by atoms with Crippen LogP contribution in [0.15, 0.2) is 52.8 Å². The molecule has 2 heterocycles. The molecule has 1 aromatic heterocycles. The number of nitrogens with one attached hydrogen (secondary N) is 1. The fourth-order valence-electron chi connectivity index (χ4n) is 2.61. The zero-order chi connectivity index (χ0) is 18.8. The molecule has 1 aliphatic rings. The van der Waals surface area contributed by atoms with Crippen molar-refractivity contribution in [2.75, 3.05) is 7.05 Å². The van der Waals surface area contributed by atoms with Crippen LogP contribution in [0.3, 0.4) is 0 Å². The van der Waals surface area contributed by atoms with E-state index in [1.165, 1.54) is 4.57 Å². The molecule has 26 heavy (non-hydrogen) atoms. The van der Waals surface area contributed by atoms with Crippen LogP contribution in [0.25, 0.3) is 0 Å². The fourth-order valence-corrected chi connectivity index (χ4v) is 2.61. The van der Waals surface area contributed by atoms with E-state index in [4.69, 9.17) is 10.00 Å². The molecule has 1 aliphatic heterocycles. The number of hydrazone groups is 1. The molecular weight excluding hydrogens is 330 g/mol. The van der Waals surface area contributed by atoms with Crippen molar-refractivity contribution < 1.29 is 4.74 Å². The summed E-state index contributed by atoms with van der Waals surface area (Å²) in [5.74, 6) is 2.02. The van der Waals surface area contributed by atoms with Crippen LogP contribution >= 0.6 is 0 Å². The summed E-state index contributed by atoms with van der Waals surface area (Å²) in [5.41, 5.74) is 4.61. The molecule has 0 saturated carbocycles. The van der Waals surface area contributed by atoms with Gasteiger partial charge in [-0.15, -0.1) is 0 Å². The Bertz CT molecular complexity index is 1010. The minimum absolute atomic E-state index is 0.232. The average molecular weight is 349 g/mol. The van der Waals surface area contributed by atoms with E-state index in [0.29, 0.717) is 23.0 Å². The molecule has 2 aromatic rings. The minimum Gasteiger partial charge on any atom is -0.451 e. The lowest BCUT2D eigenvalue weighted by Crippen LogP contribution is -2.31. The lowest BCUT2D eigenvalue weighted by atomic mass is 10.1. The molecule has 0 bridgehead atoms. The Labute approximate surface area is 151 Å². The summed E-state index contributed by atoms with van der Waals surface area (Å²) in [4.78, 5) is 14.7. The third-order valence-corrected chi connectivity index (χ3v) is 4.14. The zero-order valence-corrected chi connectivity index (χ0v) is 14.9. The van der Waals surface area contributed by atoms with Crippen LogP contribution in [0.4, 0.5) is 0 Å². The molecule has 0 spiro atoms. The lowest BCUT2D eigenvalue weighted by Gasteiger charge is -2.16. The number of likely N-dealkylation sites (N-methyl/N-ethyl adjacent to an activating group) is 1. The molecule has 0 saturated heterocycles. The molecule has 3 rings (SSSR count). The van der Waals surface area contributed by atoms with Crippen molar-refractivity contribution in [1.82, 2.24) is 14.9 Å². The Morgan fingerprint density at radius 3 is 2.77 bits per heavy atom. The van der Waals surface area contributed by atoms with Crippen LogP contribution in [0.1, 0.15) is 16.7 Å². The van der Waals surface area contributed by atoms with Crippen molar-refractivity contribution in [3.63, 3.8) is 0 Å². The van der Waals surface area contributed by atoms with Gasteiger partial charge in [0.1, 0.15) is 11.6 Å². The highest BCUT2D eigenvalue weighted by Crippen LogP contribution is 2.24.